The van der Waals surface area contributed by atoms with Crippen molar-refractivity contribution in [1.29, 1.82) is 0 Å². The number of carbonyl (C=O) groups excluding carboxylic acids is 1. The number of benzene rings is 1. The van der Waals surface area contributed by atoms with E-state index >= 15 is 0 Å². The van der Waals surface area contributed by atoms with Crippen LogP contribution in [0.3, 0.4) is 0 Å². The molecule has 1 amide bonds. The molecular weight excluding hydrogens is 393 g/mol. The van der Waals surface area contributed by atoms with Gasteiger partial charge in [-0.2, -0.15) is 5.10 Å². The molecule has 0 bridgehead atoms. The Morgan fingerprint density at radius 2 is 1.93 bits per heavy atom. The van der Waals surface area contributed by atoms with Gasteiger partial charge >= 0.3 is 0 Å². The van der Waals surface area contributed by atoms with Gasteiger partial charge in [-0.05, 0) is 25.5 Å². The molecule has 2 aromatic heterocycles. The van der Waals surface area contributed by atoms with Gasteiger partial charge in [0.05, 0.1) is 21.1 Å². The number of para-hydroxylation sites is 1. The number of rotatable bonds is 4. The molecule has 1 aromatic carbocycles. The van der Waals surface area contributed by atoms with Crippen LogP contribution in [0.15, 0.2) is 29.1 Å². The maximum atomic E-state index is 14.0. The van der Waals surface area contributed by atoms with Crippen LogP contribution < -0.4 is 10.5 Å². The van der Waals surface area contributed by atoms with Crippen LogP contribution in [-0.2, 0) is 17.8 Å². The molecule has 9 heteroatoms. The average molecular weight is 415 g/mol. The number of amides is 1. The van der Waals surface area contributed by atoms with Gasteiger partial charge in [-0.15, -0.1) is 11.3 Å². The number of halogens is 1. The fourth-order valence-electron chi connectivity index (χ4n) is 3.54. The van der Waals surface area contributed by atoms with Crippen LogP contribution in [0, 0.1) is 12.7 Å². The Kier molecular flexibility index (Phi) is 5.31. The first kappa shape index (κ1) is 19.5. The number of fused-ring (bicyclic) bond motifs is 1. The molecule has 0 N–H and O–H groups in total. The number of carbonyl (C=O) groups is 1. The monoisotopic (exact) mass is 415 g/mol. The van der Waals surface area contributed by atoms with Crippen molar-refractivity contribution < 1.29 is 9.18 Å². The van der Waals surface area contributed by atoms with E-state index in [0.29, 0.717) is 43.1 Å². The molecule has 0 atom stereocenters. The van der Waals surface area contributed by atoms with E-state index in [4.69, 9.17) is 0 Å². The minimum Gasteiger partial charge on any atom is -0.366 e. The SMILES string of the molecule is CCc1nc2c(=O)n(CC(=O)N3CCN(c4ccccc4F)CC3)nc(C)c2s1. The zero-order valence-corrected chi connectivity index (χ0v) is 17.2. The van der Waals surface area contributed by atoms with E-state index in [1.165, 1.54) is 22.1 Å². The van der Waals surface area contributed by atoms with Crippen LogP contribution in [0.2, 0.25) is 0 Å². The summed E-state index contributed by atoms with van der Waals surface area (Å²) in [5.74, 6) is -0.431. The van der Waals surface area contributed by atoms with Gasteiger partial charge in [-0.25, -0.2) is 14.1 Å². The lowest BCUT2D eigenvalue weighted by Crippen LogP contribution is -2.50. The second-order valence-electron chi connectivity index (χ2n) is 7.01. The van der Waals surface area contributed by atoms with E-state index < -0.39 is 0 Å². The summed E-state index contributed by atoms with van der Waals surface area (Å²) in [5, 5.41) is 5.21. The van der Waals surface area contributed by atoms with Gasteiger partial charge in [0, 0.05) is 26.2 Å². The minimum atomic E-state index is -0.333. The van der Waals surface area contributed by atoms with Crippen molar-refractivity contribution in [3.63, 3.8) is 0 Å². The van der Waals surface area contributed by atoms with E-state index in [1.54, 1.807) is 23.1 Å². The molecule has 1 fully saturated rings. The van der Waals surface area contributed by atoms with Crippen LogP contribution in [0.1, 0.15) is 17.6 Å². The summed E-state index contributed by atoms with van der Waals surface area (Å²) in [5.41, 5.74) is 1.30. The molecule has 0 aliphatic carbocycles. The molecule has 29 heavy (non-hydrogen) atoms. The summed E-state index contributed by atoms with van der Waals surface area (Å²) in [6.07, 6.45) is 0.753. The fraction of sp³-hybridized carbons (Fsp3) is 0.400. The molecule has 1 aliphatic heterocycles. The number of anilines is 1. The van der Waals surface area contributed by atoms with Crippen LogP contribution in [0.25, 0.3) is 10.2 Å². The van der Waals surface area contributed by atoms with Crippen molar-refractivity contribution in [3.05, 3.63) is 51.1 Å². The summed E-state index contributed by atoms with van der Waals surface area (Å²) in [4.78, 5) is 33.5. The van der Waals surface area contributed by atoms with E-state index in [-0.39, 0.29) is 23.8 Å². The predicted octanol–water partition coefficient (Wildman–Crippen LogP) is 2.21. The Labute approximate surface area is 171 Å². The molecule has 7 nitrogen and oxygen atoms in total. The van der Waals surface area contributed by atoms with E-state index in [9.17, 15) is 14.0 Å². The number of aromatic nitrogens is 3. The molecule has 0 spiro atoms. The molecule has 152 valence electrons. The summed E-state index contributed by atoms with van der Waals surface area (Å²) >= 11 is 1.47. The number of aryl methyl sites for hydroxylation is 2. The summed E-state index contributed by atoms with van der Waals surface area (Å²) in [7, 11) is 0. The average Bonchev–Trinajstić information content (AvgIpc) is 3.18. The molecule has 1 saturated heterocycles. The maximum Gasteiger partial charge on any atom is 0.294 e. The van der Waals surface area contributed by atoms with Gasteiger partial charge in [-0.1, -0.05) is 19.1 Å². The van der Waals surface area contributed by atoms with Gasteiger partial charge < -0.3 is 9.80 Å². The number of thiazole rings is 1. The minimum absolute atomic E-state index is 0.117. The zero-order chi connectivity index (χ0) is 20.5. The number of hydrogen-bond donors (Lipinski definition) is 0. The van der Waals surface area contributed by atoms with Crippen LogP contribution in [0.4, 0.5) is 10.1 Å². The van der Waals surface area contributed by atoms with Crippen molar-refractivity contribution in [1.82, 2.24) is 19.7 Å². The summed E-state index contributed by atoms with van der Waals surface area (Å²) in [6.45, 7) is 5.73. The Morgan fingerprint density at radius 1 is 1.21 bits per heavy atom. The molecule has 0 saturated carbocycles. The highest BCUT2D eigenvalue weighted by Gasteiger charge is 2.24. The lowest BCUT2D eigenvalue weighted by atomic mass is 10.2. The van der Waals surface area contributed by atoms with E-state index in [1.807, 2.05) is 18.7 Å². The van der Waals surface area contributed by atoms with Crippen molar-refractivity contribution >= 4 is 33.1 Å². The third kappa shape index (κ3) is 3.74. The van der Waals surface area contributed by atoms with Crippen molar-refractivity contribution in [2.24, 2.45) is 0 Å². The molecule has 3 aromatic rings. The Hall–Kier alpha value is -2.81. The zero-order valence-electron chi connectivity index (χ0n) is 16.4. The highest BCUT2D eigenvalue weighted by molar-refractivity contribution is 7.18. The quantitative estimate of drug-likeness (QED) is 0.653. The molecule has 4 rings (SSSR count). The van der Waals surface area contributed by atoms with Gasteiger partial charge in [0.1, 0.15) is 12.4 Å². The second kappa shape index (κ2) is 7.90. The standard InChI is InChI=1S/C20H22FN5O2S/c1-3-16-22-18-19(29-16)13(2)23-26(20(18)28)12-17(27)25-10-8-24(9-11-25)15-7-5-4-6-14(15)21/h4-7H,3,8-12H2,1-2H3. The Balaban J connectivity index is 1.47. The molecular formula is C20H22FN5O2S. The first-order chi connectivity index (χ1) is 14.0. The highest BCUT2D eigenvalue weighted by Crippen LogP contribution is 2.22. The Bertz CT molecular complexity index is 1120. The van der Waals surface area contributed by atoms with Crippen molar-refractivity contribution in [2.75, 3.05) is 31.1 Å². The van der Waals surface area contributed by atoms with Crippen molar-refractivity contribution in [3.8, 4) is 0 Å². The summed E-state index contributed by atoms with van der Waals surface area (Å²) in [6, 6.07) is 6.64. The normalized spacial score (nSPS) is 14.6. The predicted molar refractivity (Wildman–Crippen MR) is 111 cm³/mol. The molecule has 0 unspecified atom stereocenters. The number of nitrogens with zero attached hydrogens (tertiary/aromatic N) is 5. The van der Waals surface area contributed by atoms with Crippen molar-refractivity contribution in [2.45, 2.75) is 26.8 Å². The van der Waals surface area contributed by atoms with Gasteiger partial charge in [0.2, 0.25) is 5.91 Å². The fourth-order valence-corrected chi connectivity index (χ4v) is 4.48. The van der Waals surface area contributed by atoms with Crippen LogP contribution in [0.5, 0.6) is 0 Å². The first-order valence-electron chi connectivity index (χ1n) is 9.62. The van der Waals surface area contributed by atoms with Crippen LogP contribution in [-0.4, -0.2) is 51.8 Å². The first-order valence-corrected chi connectivity index (χ1v) is 10.4. The maximum absolute atomic E-state index is 14.0. The third-order valence-corrected chi connectivity index (χ3v) is 6.43. The summed E-state index contributed by atoms with van der Waals surface area (Å²) < 4.78 is 16.0. The molecule has 3 heterocycles. The molecule has 0 radical (unpaired) electrons. The third-order valence-electron chi connectivity index (χ3n) is 5.12. The lowest BCUT2D eigenvalue weighted by Gasteiger charge is -2.36. The molecule has 1 aliphatic rings. The number of hydrogen-bond acceptors (Lipinski definition) is 6. The van der Waals surface area contributed by atoms with Crippen LogP contribution >= 0.6 is 11.3 Å². The van der Waals surface area contributed by atoms with E-state index in [2.05, 4.69) is 10.1 Å². The Morgan fingerprint density at radius 3 is 2.62 bits per heavy atom. The second-order valence-corrected chi connectivity index (χ2v) is 8.09. The topological polar surface area (TPSA) is 71.3 Å². The number of piperazine rings is 1. The van der Waals surface area contributed by atoms with Gasteiger partial charge in [0.25, 0.3) is 5.56 Å². The highest BCUT2D eigenvalue weighted by atomic mass is 32.1. The van der Waals surface area contributed by atoms with E-state index in [0.717, 1.165) is 16.1 Å². The largest absolute Gasteiger partial charge is 0.366 e. The lowest BCUT2D eigenvalue weighted by molar-refractivity contribution is -0.132. The van der Waals surface area contributed by atoms with Gasteiger partial charge in [-0.3, -0.25) is 9.59 Å². The smallest absolute Gasteiger partial charge is 0.294 e. The van der Waals surface area contributed by atoms with Gasteiger partial charge in [0.15, 0.2) is 5.52 Å².